The van der Waals surface area contributed by atoms with Crippen molar-refractivity contribution in [3.63, 3.8) is 0 Å². The Kier molecular flexibility index (Phi) is 3.96. The monoisotopic (exact) mass is 264 g/mol. The van der Waals surface area contributed by atoms with Crippen molar-refractivity contribution in [1.29, 1.82) is 0 Å². The standard InChI is InChI=1S/C15H24N2O2/c18-15(17-19)14-13(10-6-2-1-3-7-10)11-8-4-5-9-12(11)16-14/h10-14,16H,1-9H2/t11?,12?,13-,14-/m0/s1. The summed E-state index contributed by atoms with van der Waals surface area (Å²) in [5.74, 6) is 1.15. The van der Waals surface area contributed by atoms with E-state index in [1.54, 1.807) is 0 Å². The number of nitrogens with one attached hydrogen (secondary N) is 1. The fourth-order valence-corrected chi connectivity index (χ4v) is 4.85. The zero-order valence-electron chi connectivity index (χ0n) is 11.5. The zero-order valence-corrected chi connectivity index (χ0v) is 11.5. The summed E-state index contributed by atoms with van der Waals surface area (Å²) in [4.78, 5) is 22.6. The molecule has 2 unspecified atom stereocenters. The molecule has 2 aliphatic carbocycles. The van der Waals surface area contributed by atoms with Gasteiger partial charge in [-0.15, -0.1) is 4.91 Å². The van der Waals surface area contributed by atoms with Gasteiger partial charge >= 0.3 is 5.91 Å². The second kappa shape index (κ2) is 5.70. The van der Waals surface area contributed by atoms with Crippen LogP contribution in [0, 0.1) is 22.7 Å². The number of nitroso groups, excluding NO2 is 1. The summed E-state index contributed by atoms with van der Waals surface area (Å²) in [6, 6.07) is 0.171. The van der Waals surface area contributed by atoms with Crippen molar-refractivity contribution in [1.82, 2.24) is 5.32 Å². The van der Waals surface area contributed by atoms with Gasteiger partial charge < -0.3 is 5.32 Å². The summed E-state index contributed by atoms with van der Waals surface area (Å²) in [5.41, 5.74) is 0. The fraction of sp³-hybridized carbons (Fsp3) is 0.933. The van der Waals surface area contributed by atoms with E-state index in [-0.39, 0.29) is 6.04 Å². The minimum Gasteiger partial charge on any atom is -0.302 e. The highest BCUT2D eigenvalue weighted by Gasteiger charge is 2.49. The Hall–Kier alpha value is -0.770. The van der Waals surface area contributed by atoms with E-state index >= 15 is 0 Å². The van der Waals surface area contributed by atoms with Crippen molar-refractivity contribution < 1.29 is 4.79 Å². The van der Waals surface area contributed by atoms with Gasteiger partial charge in [0.25, 0.3) is 0 Å². The lowest BCUT2D eigenvalue weighted by Crippen LogP contribution is -2.39. The summed E-state index contributed by atoms with van der Waals surface area (Å²) < 4.78 is 0. The number of nitrogens with zero attached hydrogens (tertiary/aromatic N) is 1. The lowest BCUT2D eigenvalue weighted by Gasteiger charge is -2.35. The van der Waals surface area contributed by atoms with E-state index in [1.807, 2.05) is 0 Å². The molecule has 2 saturated carbocycles. The van der Waals surface area contributed by atoms with E-state index in [2.05, 4.69) is 10.5 Å². The Labute approximate surface area is 114 Å². The summed E-state index contributed by atoms with van der Waals surface area (Å²) >= 11 is 0. The molecule has 0 aromatic heterocycles. The second-order valence-corrected chi connectivity index (χ2v) is 6.60. The molecule has 0 radical (unpaired) electrons. The topological polar surface area (TPSA) is 58.5 Å². The van der Waals surface area contributed by atoms with Gasteiger partial charge in [-0.1, -0.05) is 44.9 Å². The third-order valence-corrected chi connectivity index (χ3v) is 5.64. The Balaban J connectivity index is 1.81. The van der Waals surface area contributed by atoms with Gasteiger partial charge in [-0.2, -0.15) is 0 Å². The largest absolute Gasteiger partial charge is 0.303 e. The molecule has 106 valence electrons. The number of amides is 1. The Morgan fingerprint density at radius 3 is 2.37 bits per heavy atom. The van der Waals surface area contributed by atoms with Crippen LogP contribution in [0.5, 0.6) is 0 Å². The first kappa shape index (κ1) is 13.2. The first-order chi connectivity index (χ1) is 9.31. The fourth-order valence-electron chi connectivity index (χ4n) is 4.85. The minimum absolute atomic E-state index is 0.284. The van der Waals surface area contributed by atoms with Crippen molar-refractivity contribution in [2.45, 2.75) is 69.9 Å². The number of carbonyl (C=O) groups excluding carboxylic acids is 1. The Morgan fingerprint density at radius 2 is 1.63 bits per heavy atom. The zero-order chi connectivity index (χ0) is 13.2. The molecule has 1 N–H and O–H groups in total. The van der Waals surface area contributed by atoms with Crippen LogP contribution in [0.2, 0.25) is 0 Å². The normalized spacial score (nSPS) is 39.8. The second-order valence-electron chi connectivity index (χ2n) is 6.60. The number of fused-ring (bicyclic) bond motifs is 1. The maximum atomic E-state index is 11.9. The third-order valence-electron chi connectivity index (χ3n) is 5.64. The number of hydrogen-bond donors (Lipinski definition) is 1. The number of hydrogen-bond acceptors (Lipinski definition) is 3. The Bertz CT molecular complexity index is 352. The van der Waals surface area contributed by atoms with Crippen molar-refractivity contribution in [3.8, 4) is 0 Å². The molecule has 3 aliphatic rings. The summed E-state index contributed by atoms with van der Waals surface area (Å²) in [6.45, 7) is 0. The van der Waals surface area contributed by atoms with Crippen LogP contribution >= 0.6 is 0 Å². The van der Waals surface area contributed by atoms with Gasteiger partial charge in [0.15, 0.2) is 0 Å². The SMILES string of the molecule is O=NC(=O)[C@H]1NC2CCCCC2[C@@H]1C1CCCCC1. The van der Waals surface area contributed by atoms with E-state index in [0.717, 1.165) is 6.42 Å². The molecule has 0 bridgehead atoms. The predicted molar refractivity (Wildman–Crippen MR) is 73.5 cm³/mol. The molecule has 0 aromatic carbocycles. The molecule has 4 heteroatoms. The minimum atomic E-state index is -0.454. The van der Waals surface area contributed by atoms with Gasteiger partial charge in [0.2, 0.25) is 0 Å². The summed E-state index contributed by atoms with van der Waals surface area (Å²) in [7, 11) is 0. The summed E-state index contributed by atoms with van der Waals surface area (Å²) in [5, 5.41) is 6.17. The lowest BCUT2D eigenvalue weighted by atomic mass is 9.68. The van der Waals surface area contributed by atoms with Gasteiger partial charge in [-0.3, -0.25) is 4.79 Å². The quantitative estimate of drug-likeness (QED) is 0.780. The van der Waals surface area contributed by atoms with Crippen molar-refractivity contribution >= 4 is 5.91 Å². The van der Waals surface area contributed by atoms with Crippen LogP contribution in [0.1, 0.15) is 57.8 Å². The van der Waals surface area contributed by atoms with Gasteiger partial charge in [-0.05, 0) is 30.6 Å². The van der Waals surface area contributed by atoms with Gasteiger partial charge in [0.05, 0.1) is 6.04 Å². The van der Waals surface area contributed by atoms with Crippen LogP contribution in [-0.4, -0.2) is 18.0 Å². The molecule has 4 atom stereocenters. The van der Waals surface area contributed by atoms with Gasteiger partial charge in [-0.25, -0.2) is 0 Å². The molecule has 1 saturated heterocycles. The third kappa shape index (κ3) is 2.47. The number of carbonyl (C=O) groups is 1. The van der Waals surface area contributed by atoms with Crippen LogP contribution in [0.4, 0.5) is 0 Å². The molecule has 1 amide bonds. The lowest BCUT2D eigenvalue weighted by molar-refractivity contribution is -0.121. The molecular weight excluding hydrogens is 240 g/mol. The molecule has 3 rings (SSSR count). The average molecular weight is 264 g/mol. The number of rotatable bonds is 2. The van der Waals surface area contributed by atoms with Crippen LogP contribution in [0.15, 0.2) is 5.18 Å². The predicted octanol–water partition coefficient (Wildman–Crippen LogP) is 3.01. The highest BCUT2D eigenvalue weighted by molar-refractivity contribution is 5.83. The highest BCUT2D eigenvalue weighted by Crippen LogP contribution is 2.45. The smallest absolute Gasteiger partial charge is 0.302 e. The molecule has 19 heavy (non-hydrogen) atoms. The first-order valence-electron chi connectivity index (χ1n) is 7.94. The average Bonchev–Trinajstić information content (AvgIpc) is 2.86. The van der Waals surface area contributed by atoms with E-state index in [9.17, 15) is 9.70 Å². The van der Waals surface area contributed by atoms with Crippen LogP contribution in [0.3, 0.4) is 0 Å². The molecule has 0 spiro atoms. The van der Waals surface area contributed by atoms with E-state index < -0.39 is 5.91 Å². The Morgan fingerprint density at radius 1 is 0.947 bits per heavy atom. The molecule has 3 fully saturated rings. The van der Waals surface area contributed by atoms with Crippen LogP contribution < -0.4 is 5.32 Å². The highest BCUT2D eigenvalue weighted by atomic mass is 16.3. The van der Waals surface area contributed by atoms with Crippen molar-refractivity contribution in [3.05, 3.63) is 4.91 Å². The van der Waals surface area contributed by atoms with Crippen LogP contribution in [0.25, 0.3) is 0 Å². The summed E-state index contributed by atoms with van der Waals surface area (Å²) in [6.07, 6.45) is 11.3. The maximum Gasteiger partial charge on any atom is 0.303 e. The van der Waals surface area contributed by atoms with E-state index in [4.69, 9.17) is 0 Å². The molecular formula is C15H24N2O2. The van der Waals surface area contributed by atoms with Gasteiger partial charge in [0.1, 0.15) is 0 Å². The van der Waals surface area contributed by atoms with Crippen LogP contribution in [-0.2, 0) is 4.79 Å². The first-order valence-corrected chi connectivity index (χ1v) is 7.94. The van der Waals surface area contributed by atoms with E-state index in [0.29, 0.717) is 23.8 Å². The molecule has 4 nitrogen and oxygen atoms in total. The van der Waals surface area contributed by atoms with Gasteiger partial charge in [0, 0.05) is 11.2 Å². The molecule has 1 heterocycles. The maximum absolute atomic E-state index is 11.9. The van der Waals surface area contributed by atoms with Crippen molar-refractivity contribution in [2.24, 2.45) is 22.9 Å². The van der Waals surface area contributed by atoms with Crippen molar-refractivity contribution in [2.75, 3.05) is 0 Å². The molecule has 0 aromatic rings. The van der Waals surface area contributed by atoms with E-state index in [1.165, 1.54) is 51.4 Å². The molecule has 1 aliphatic heterocycles.